The molecule has 1 aliphatic rings. The third kappa shape index (κ3) is 4.73. The third-order valence-electron chi connectivity index (χ3n) is 6.72. The second-order valence-electron chi connectivity index (χ2n) is 9.46. The molecular weight excluding hydrogens is 535 g/mol. The zero-order valence-electron chi connectivity index (χ0n) is 20.6. The molecule has 5 aromatic rings. The lowest BCUT2D eigenvalue weighted by molar-refractivity contribution is 0.102. The number of thiophene rings is 1. The summed E-state index contributed by atoms with van der Waals surface area (Å²) in [6, 6.07) is 22.8. The van der Waals surface area contributed by atoms with Crippen molar-refractivity contribution in [3.05, 3.63) is 94.9 Å². The number of rotatable bonds is 6. The molecule has 0 aliphatic heterocycles. The average Bonchev–Trinajstić information content (AvgIpc) is 3.49. The predicted octanol–water partition coefficient (Wildman–Crippen LogP) is 7.20. The van der Waals surface area contributed by atoms with Gasteiger partial charge in [-0.3, -0.25) is 9.52 Å². The van der Waals surface area contributed by atoms with Crippen LogP contribution in [0.2, 0.25) is 0 Å². The summed E-state index contributed by atoms with van der Waals surface area (Å²) in [5, 5.41) is 4.77. The zero-order valence-corrected chi connectivity index (χ0v) is 23.1. The number of carbonyl (C=O) groups is 1. The number of aromatic nitrogens is 1. The molecule has 0 radical (unpaired) electrons. The van der Waals surface area contributed by atoms with E-state index < -0.39 is 10.0 Å². The van der Waals surface area contributed by atoms with Crippen molar-refractivity contribution < 1.29 is 13.2 Å². The van der Waals surface area contributed by atoms with Gasteiger partial charge in [-0.2, -0.15) is 0 Å². The third-order valence-corrected chi connectivity index (χ3v) is 10.3. The Labute approximate surface area is 229 Å². The smallest absolute Gasteiger partial charge is 0.261 e. The van der Waals surface area contributed by atoms with Crippen LogP contribution < -0.4 is 10.0 Å². The van der Waals surface area contributed by atoms with Crippen LogP contribution in [0.4, 0.5) is 10.7 Å². The van der Waals surface area contributed by atoms with Crippen LogP contribution in [-0.4, -0.2) is 19.3 Å². The van der Waals surface area contributed by atoms with E-state index in [1.807, 2.05) is 18.2 Å². The maximum Gasteiger partial charge on any atom is 0.261 e. The van der Waals surface area contributed by atoms with Gasteiger partial charge in [0.15, 0.2) is 0 Å². The molecule has 0 saturated heterocycles. The first kappa shape index (κ1) is 24.8. The van der Waals surface area contributed by atoms with Gasteiger partial charge in [0.05, 0.1) is 26.4 Å². The van der Waals surface area contributed by atoms with E-state index in [9.17, 15) is 13.2 Å². The number of carbonyl (C=O) groups excluding carboxylic acids is 1. The van der Waals surface area contributed by atoms with Crippen LogP contribution in [0.15, 0.2) is 83.8 Å². The highest BCUT2D eigenvalue weighted by molar-refractivity contribution is 7.92. The van der Waals surface area contributed by atoms with Gasteiger partial charge in [0, 0.05) is 10.4 Å². The van der Waals surface area contributed by atoms with E-state index in [1.54, 1.807) is 65.1 Å². The van der Waals surface area contributed by atoms with E-state index in [1.165, 1.54) is 22.6 Å². The van der Waals surface area contributed by atoms with Crippen LogP contribution in [0.1, 0.15) is 34.1 Å². The first-order valence-electron chi connectivity index (χ1n) is 12.4. The second kappa shape index (κ2) is 9.98. The Morgan fingerprint density at radius 2 is 1.68 bits per heavy atom. The largest absolute Gasteiger partial charge is 0.313 e. The number of hydrogen-bond donors (Lipinski definition) is 2. The molecule has 0 saturated carbocycles. The summed E-state index contributed by atoms with van der Waals surface area (Å²) in [4.78, 5) is 20.0. The van der Waals surface area contributed by atoms with Gasteiger partial charge in [-0.05, 0) is 67.1 Å². The van der Waals surface area contributed by atoms with Crippen molar-refractivity contribution >= 4 is 59.5 Å². The number of para-hydroxylation sites is 2. The van der Waals surface area contributed by atoms with Crippen molar-refractivity contribution in [3.8, 4) is 10.6 Å². The Bertz CT molecular complexity index is 1720. The summed E-state index contributed by atoms with van der Waals surface area (Å²) in [6.45, 7) is 2.26. The summed E-state index contributed by atoms with van der Waals surface area (Å²) < 4.78 is 29.6. The first-order chi connectivity index (χ1) is 18.4. The summed E-state index contributed by atoms with van der Waals surface area (Å²) >= 11 is 3.23. The highest BCUT2D eigenvalue weighted by Crippen LogP contribution is 2.47. The van der Waals surface area contributed by atoms with Crippen LogP contribution in [0, 0.1) is 5.92 Å². The Morgan fingerprint density at radius 1 is 0.947 bits per heavy atom. The Balaban J connectivity index is 1.37. The molecule has 1 atom stereocenters. The number of thiazole rings is 1. The van der Waals surface area contributed by atoms with Crippen molar-refractivity contribution in [2.75, 3.05) is 10.0 Å². The van der Waals surface area contributed by atoms with Crippen LogP contribution in [0.5, 0.6) is 0 Å². The monoisotopic (exact) mass is 559 g/mol. The number of amides is 1. The van der Waals surface area contributed by atoms with Gasteiger partial charge in [0.1, 0.15) is 10.0 Å². The molecule has 6 rings (SSSR count). The fourth-order valence-corrected chi connectivity index (χ4v) is 8.41. The SMILES string of the molecule is CC1CCc2c(sc(NC(=O)c3ccccc3NS(=O)(=O)c3ccccc3)c2-c2nc3ccccc3s2)C1. The first-order valence-corrected chi connectivity index (χ1v) is 15.5. The van der Waals surface area contributed by atoms with Crippen molar-refractivity contribution in [1.29, 1.82) is 0 Å². The summed E-state index contributed by atoms with van der Waals surface area (Å²) in [7, 11) is -3.85. The molecule has 2 aromatic heterocycles. The summed E-state index contributed by atoms with van der Waals surface area (Å²) in [6.07, 6.45) is 3.02. The highest BCUT2D eigenvalue weighted by Gasteiger charge is 2.28. The number of fused-ring (bicyclic) bond motifs is 2. The normalized spacial score (nSPS) is 15.2. The molecule has 9 heteroatoms. The molecule has 1 aliphatic carbocycles. The number of benzene rings is 3. The molecule has 3 aromatic carbocycles. The maximum atomic E-state index is 13.6. The lowest BCUT2D eigenvalue weighted by atomic mass is 9.88. The minimum atomic E-state index is -3.85. The van der Waals surface area contributed by atoms with Crippen molar-refractivity contribution in [3.63, 3.8) is 0 Å². The standard InChI is InChI=1S/C29H25N3O3S3/c1-18-15-16-21-25(17-18)37-29(26(21)28-30-23-13-7-8-14-24(23)36-28)31-27(33)20-11-5-6-12-22(20)32-38(34,35)19-9-3-2-4-10-19/h2-14,18,32H,15-17H2,1H3,(H,31,33). The molecule has 0 fully saturated rings. The number of anilines is 2. The van der Waals surface area contributed by atoms with Crippen LogP contribution in [0.3, 0.4) is 0 Å². The highest BCUT2D eigenvalue weighted by atomic mass is 32.2. The maximum absolute atomic E-state index is 13.6. The lowest BCUT2D eigenvalue weighted by Gasteiger charge is -2.18. The van der Waals surface area contributed by atoms with E-state index in [4.69, 9.17) is 4.98 Å². The summed E-state index contributed by atoms with van der Waals surface area (Å²) in [5.74, 6) is 0.214. The average molecular weight is 560 g/mol. The Morgan fingerprint density at radius 3 is 2.50 bits per heavy atom. The van der Waals surface area contributed by atoms with Gasteiger partial charge in [0.2, 0.25) is 0 Å². The molecule has 0 spiro atoms. The van der Waals surface area contributed by atoms with Gasteiger partial charge in [-0.25, -0.2) is 13.4 Å². The summed E-state index contributed by atoms with van der Waals surface area (Å²) in [5.41, 5.74) is 3.68. The van der Waals surface area contributed by atoms with Crippen molar-refractivity contribution in [2.24, 2.45) is 5.92 Å². The number of nitrogens with one attached hydrogen (secondary N) is 2. The van der Waals surface area contributed by atoms with Gasteiger partial charge >= 0.3 is 0 Å². The Hall–Kier alpha value is -3.53. The van der Waals surface area contributed by atoms with Crippen LogP contribution in [0.25, 0.3) is 20.8 Å². The fourth-order valence-electron chi connectivity index (χ4n) is 4.79. The quantitative estimate of drug-likeness (QED) is 0.230. The van der Waals surface area contributed by atoms with E-state index >= 15 is 0 Å². The van der Waals surface area contributed by atoms with Gasteiger partial charge < -0.3 is 5.32 Å². The molecule has 2 N–H and O–H groups in total. The molecule has 38 heavy (non-hydrogen) atoms. The van der Waals surface area contributed by atoms with Crippen LogP contribution in [-0.2, 0) is 22.9 Å². The van der Waals surface area contributed by atoms with Gasteiger partial charge in [-0.15, -0.1) is 22.7 Å². The number of nitrogens with zero attached hydrogens (tertiary/aromatic N) is 1. The van der Waals surface area contributed by atoms with Crippen LogP contribution >= 0.6 is 22.7 Å². The van der Waals surface area contributed by atoms with Gasteiger partial charge in [-0.1, -0.05) is 49.4 Å². The second-order valence-corrected chi connectivity index (χ2v) is 13.3. The van der Waals surface area contributed by atoms with Gasteiger partial charge in [0.25, 0.3) is 15.9 Å². The predicted molar refractivity (Wildman–Crippen MR) is 156 cm³/mol. The minimum absolute atomic E-state index is 0.133. The molecular formula is C29H25N3O3S3. The van der Waals surface area contributed by atoms with E-state index in [0.29, 0.717) is 5.92 Å². The fraction of sp³-hybridized carbons (Fsp3) is 0.172. The van der Waals surface area contributed by atoms with E-state index in [0.717, 1.165) is 45.1 Å². The Kier molecular flexibility index (Phi) is 6.51. The molecule has 1 amide bonds. The van der Waals surface area contributed by atoms with E-state index in [2.05, 4.69) is 23.0 Å². The molecule has 0 bridgehead atoms. The molecule has 1 unspecified atom stereocenters. The molecule has 2 heterocycles. The van der Waals surface area contributed by atoms with Crippen molar-refractivity contribution in [2.45, 2.75) is 31.1 Å². The van der Waals surface area contributed by atoms with E-state index in [-0.39, 0.29) is 22.1 Å². The minimum Gasteiger partial charge on any atom is -0.313 e. The zero-order chi connectivity index (χ0) is 26.3. The molecule has 6 nitrogen and oxygen atoms in total. The molecule has 192 valence electrons. The van der Waals surface area contributed by atoms with Crippen molar-refractivity contribution in [1.82, 2.24) is 4.98 Å². The topological polar surface area (TPSA) is 88.2 Å². The lowest BCUT2D eigenvalue weighted by Crippen LogP contribution is -2.18. The number of sulfonamides is 1. The number of hydrogen-bond acceptors (Lipinski definition) is 6.